The van der Waals surface area contributed by atoms with Gasteiger partial charge in [-0.1, -0.05) is 36.4 Å². The largest absolute Gasteiger partial charge is 0.352 e. The molecule has 4 aromatic rings. The number of nitrogens with zero attached hydrogens (tertiary/aromatic N) is 2. The fourth-order valence-corrected chi connectivity index (χ4v) is 3.69. The summed E-state index contributed by atoms with van der Waals surface area (Å²) >= 11 is 1.48. The Morgan fingerprint density at radius 2 is 1.86 bits per heavy atom. The van der Waals surface area contributed by atoms with Gasteiger partial charge in [0, 0.05) is 35.7 Å². The lowest BCUT2D eigenvalue weighted by Gasteiger charge is -2.08. The van der Waals surface area contributed by atoms with Crippen molar-refractivity contribution in [2.45, 2.75) is 12.8 Å². The number of hydrogen-bond donors (Lipinski definition) is 2. The van der Waals surface area contributed by atoms with Gasteiger partial charge in [0.25, 0.3) is 5.91 Å². The zero-order valence-electron chi connectivity index (χ0n) is 15.7. The van der Waals surface area contributed by atoms with Crippen LogP contribution in [-0.2, 0) is 4.79 Å². The predicted molar refractivity (Wildman–Crippen MR) is 115 cm³/mol. The van der Waals surface area contributed by atoms with Gasteiger partial charge in [-0.05, 0) is 30.0 Å². The summed E-state index contributed by atoms with van der Waals surface area (Å²) in [5.74, 6) is 0.427. The lowest BCUT2D eigenvalue weighted by atomic mass is 10.1. The van der Waals surface area contributed by atoms with E-state index in [4.69, 9.17) is 0 Å². The molecule has 29 heavy (non-hydrogen) atoms. The van der Waals surface area contributed by atoms with Crippen LogP contribution in [0, 0.1) is 0 Å². The van der Waals surface area contributed by atoms with E-state index in [1.54, 1.807) is 11.4 Å². The third-order valence-electron chi connectivity index (χ3n) is 4.48. The van der Waals surface area contributed by atoms with E-state index in [1.807, 2.05) is 64.5 Å². The second-order valence-electron chi connectivity index (χ2n) is 6.52. The molecule has 1 aromatic carbocycles. The average Bonchev–Trinajstić information content (AvgIpc) is 3.41. The van der Waals surface area contributed by atoms with Crippen molar-refractivity contribution in [3.8, 4) is 11.3 Å². The minimum Gasteiger partial charge on any atom is -0.352 e. The quantitative estimate of drug-likeness (QED) is 0.453. The summed E-state index contributed by atoms with van der Waals surface area (Å²) in [6.45, 7) is 0.445. The number of rotatable bonds is 7. The normalized spacial score (nSPS) is 10.8. The smallest absolute Gasteiger partial charge is 0.252 e. The molecular weight excluding hydrogens is 384 g/mol. The van der Waals surface area contributed by atoms with Crippen molar-refractivity contribution >= 4 is 34.6 Å². The van der Waals surface area contributed by atoms with Crippen LogP contribution in [0.1, 0.15) is 23.2 Å². The summed E-state index contributed by atoms with van der Waals surface area (Å²) in [4.78, 5) is 29.2. The molecule has 0 atom stereocenters. The van der Waals surface area contributed by atoms with Gasteiger partial charge in [0.05, 0.1) is 0 Å². The van der Waals surface area contributed by atoms with E-state index in [-0.39, 0.29) is 11.8 Å². The molecule has 3 aromatic heterocycles. The van der Waals surface area contributed by atoms with Crippen molar-refractivity contribution in [1.29, 1.82) is 0 Å². The molecule has 6 nitrogen and oxygen atoms in total. The fraction of sp³-hybridized carbons (Fsp3) is 0.136. The van der Waals surface area contributed by atoms with Crippen LogP contribution in [0.4, 0.5) is 5.82 Å². The van der Waals surface area contributed by atoms with Gasteiger partial charge in [-0.2, -0.15) is 11.3 Å². The first-order valence-electron chi connectivity index (χ1n) is 9.35. The molecule has 4 rings (SSSR count). The van der Waals surface area contributed by atoms with Crippen LogP contribution >= 0.6 is 11.3 Å². The summed E-state index contributed by atoms with van der Waals surface area (Å²) < 4.78 is 1.87. The van der Waals surface area contributed by atoms with Gasteiger partial charge in [-0.3, -0.25) is 14.0 Å². The second-order valence-corrected chi connectivity index (χ2v) is 7.30. The number of thiophene rings is 1. The minimum absolute atomic E-state index is 0.111. The maximum atomic E-state index is 12.5. The monoisotopic (exact) mass is 404 g/mol. The molecule has 0 aliphatic carbocycles. The first-order chi connectivity index (χ1) is 14.2. The Labute approximate surface area is 172 Å². The minimum atomic E-state index is -0.113. The highest BCUT2D eigenvalue weighted by Crippen LogP contribution is 2.28. The molecule has 7 heteroatoms. The van der Waals surface area contributed by atoms with Gasteiger partial charge in [0.2, 0.25) is 5.91 Å². The summed E-state index contributed by atoms with van der Waals surface area (Å²) in [6.07, 6.45) is 2.74. The summed E-state index contributed by atoms with van der Waals surface area (Å²) in [6, 6.07) is 17.3. The van der Waals surface area contributed by atoms with Crippen molar-refractivity contribution in [2.75, 3.05) is 11.9 Å². The number of anilines is 1. The average molecular weight is 404 g/mol. The Morgan fingerprint density at radius 1 is 1.03 bits per heavy atom. The molecule has 2 N–H and O–H groups in total. The number of imidazole rings is 1. The van der Waals surface area contributed by atoms with E-state index in [0.29, 0.717) is 30.8 Å². The van der Waals surface area contributed by atoms with Gasteiger partial charge >= 0.3 is 0 Å². The Morgan fingerprint density at radius 3 is 2.66 bits per heavy atom. The lowest BCUT2D eigenvalue weighted by molar-refractivity contribution is -0.116. The van der Waals surface area contributed by atoms with E-state index in [9.17, 15) is 9.59 Å². The Balaban J connectivity index is 1.42. The standard InChI is InChI=1S/C22H20N4O2S/c27-19(10-6-12-23-22(28)17-11-14-29-15-17)25-21-20(16-7-2-1-3-8-16)24-18-9-4-5-13-26(18)21/h1-5,7-9,11,13-15H,6,10,12H2,(H,23,28)(H,25,27). The number of fused-ring (bicyclic) bond motifs is 1. The summed E-state index contributed by atoms with van der Waals surface area (Å²) in [5, 5.41) is 9.50. The molecule has 0 saturated heterocycles. The van der Waals surface area contributed by atoms with Crippen molar-refractivity contribution in [1.82, 2.24) is 14.7 Å². The fourth-order valence-electron chi connectivity index (χ4n) is 3.05. The highest BCUT2D eigenvalue weighted by molar-refractivity contribution is 7.08. The van der Waals surface area contributed by atoms with Gasteiger partial charge in [-0.15, -0.1) is 0 Å². The van der Waals surface area contributed by atoms with Crippen molar-refractivity contribution in [3.63, 3.8) is 0 Å². The number of nitrogens with one attached hydrogen (secondary N) is 2. The van der Waals surface area contributed by atoms with Crippen LogP contribution in [0.15, 0.2) is 71.6 Å². The van der Waals surface area contributed by atoms with E-state index >= 15 is 0 Å². The van der Waals surface area contributed by atoms with Crippen LogP contribution in [-0.4, -0.2) is 27.7 Å². The first-order valence-corrected chi connectivity index (χ1v) is 10.3. The Hall–Kier alpha value is -3.45. The van der Waals surface area contributed by atoms with E-state index in [0.717, 1.165) is 16.9 Å². The van der Waals surface area contributed by atoms with Crippen LogP contribution in [0.2, 0.25) is 0 Å². The number of carbonyl (C=O) groups is 2. The number of hydrogen-bond acceptors (Lipinski definition) is 4. The predicted octanol–water partition coefficient (Wildman–Crippen LogP) is 4.21. The number of amides is 2. The topological polar surface area (TPSA) is 75.5 Å². The molecule has 0 radical (unpaired) electrons. The number of aromatic nitrogens is 2. The lowest BCUT2D eigenvalue weighted by Crippen LogP contribution is -2.25. The maximum absolute atomic E-state index is 12.5. The van der Waals surface area contributed by atoms with E-state index < -0.39 is 0 Å². The summed E-state index contributed by atoms with van der Waals surface area (Å²) in [5.41, 5.74) is 3.09. The van der Waals surface area contributed by atoms with Gasteiger partial charge < -0.3 is 10.6 Å². The third-order valence-corrected chi connectivity index (χ3v) is 5.17. The van der Waals surface area contributed by atoms with Crippen molar-refractivity contribution < 1.29 is 9.59 Å². The van der Waals surface area contributed by atoms with Crippen molar-refractivity contribution in [2.24, 2.45) is 0 Å². The zero-order chi connectivity index (χ0) is 20.1. The Bertz CT molecular complexity index is 1120. The molecule has 0 unspecified atom stereocenters. The van der Waals surface area contributed by atoms with E-state index in [1.165, 1.54) is 11.3 Å². The molecule has 0 saturated carbocycles. The highest BCUT2D eigenvalue weighted by atomic mass is 32.1. The summed E-state index contributed by atoms with van der Waals surface area (Å²) in [7, 11) is 0. The van der Waals surface area contributed by atoms with Crippen LogP contribution in [0.3, 0.4) is 0 Å². The first kappa shape index (κ1) is 18.9. The van der Waals surface area contributed by atoms with Gasteiger partial charge in [0.1, 0.15) is 17.2 Å². The third kappa shape index (κ3) is 4.35. The molecular formula is C22H20N4O2S. The van der Waals surface area contributed by atoms with Crippen LogP contribution < -0.4 is 10.6 Å². The molecule has 0 fully saturated rings. The highest BCUT2D eigenvalue weighted by Gasteiger charge is 2.16. The molecule has 2 amide bonds. The molecule has 0 bridgehead atoms. The molecule has 0 aliphatic rings. The molecule has 146 valence electrons. The molecule has 0 aliphatic heterocycles. The number of carbonyl (C=O) groups excluding carboxylic acids is 2. The number of benzene rings is 1. The molecule has 0 spiro atoms. The van der Waals surface area contributed by atoms with Crippen LogP contribution in [0.25, 0.3) is 16.9 Å². The zero-order valence-corrected chi connectivity index (χ0v) is 16.5. The van der Waals surface area contributed by atoms with Crippen molar-refractivity contribution in [3.05, 3.63) is 77.1 Å². The second kappa shape index (κ2) is 8.70. The SMILES string of the molecule is O=C(CCCNC(=O)c1ccsc1)Nc1c(-c2ccccc2)nc2ccccn12. The van der Waals surface area contributed by atoms with E-state index in [2.05, 4.69) is 15.6 Å². The maximum Gasteiger partial charge on any atom is 0.252 e. The Kier molecular flexibility index (Phi) is 5.67. The number of pyridine rings is 1. The van der Waals surface area contributed by atoms with Crippen LogP contribution in [0.5, 0.6) is 0 Å². The van der Waals surface area contributed by atoms with Gasteiger partial charge in [-0.25, -0.2) is 4.98 Å². The van der Waals surface area contributed by atoms with Gasteiger partial charge in [0.15, 0.2) is 0 Å². The molecule has 3 heterocycles.